The smallest absolute Gasteiger partial charge is 0.226 e. The van der Waals surface area contributed by atoms with Gasteiger partial charge < -0.3 is 4.90 Å². The summed E-state index contributed by atoms with van der Waals surface area (Å²) < 4.78 is 0. The molecular weight excluding hydrogens is 302 g/mol. The van der Waals surface area contributed by atoms with Crippen molar-refractivity contribution in [2.24, 2.45) is 5.92 Å². The number of alkyl halides is 1. The minimum atomic E-state index is 0.229. The van der Waals surface area contributed by atoms with Crippen molar-refractivity contribution in [1.82, 2.24) is 0 Å². The molecule has 1 aromatic rings. The second kappa shape index (κ2) is 6.08. The molecule has 19 heavy (non-hydrogen) atoms. The SMILES string of the molecule is CCC(=O)N1CCc2cc(CC(Br)C(C)C)ccc21. The van der Waals surface area contributed by atoms with Gasteiger partial charge in [-0.25, -0.2) is 0 Å². The van der Waals surface area contributed by atoms with Crippen molar-refractivity contribution < 1.29 is 4.79 Å². The molecule has 1 atom stereocenters. The number of hydrogen-bond donors (Lipinski definition) is 0. The summed E-state index contributed by atoms with van der Waals surface area (Å²) in [6.45, 7) is 7.23. The number of carbonyl (C=O) groups is 1. The van der Waals surface area contributed by atoms with E-state index >= 15 is 0 Å². The van der Waals surface area contributed by atoms with Crippen LogP contribution < -0.4 is 4.90 Å². The normalized spacial score (nSPS) is 15.7. The molecule has 0 N–H and O–H groups in total. The summed E-state index contributed by atoms with van der Waals surface area (Å²) in [4.78, 5) is 14.3. The number of halogens is 1. The highest BCUT2D eigenvalue weighted by Gasteiger charge is 2.23. The van der Waals surface area contributed by atoms with Crippen molar-refractivity contribution in [1.29, 1.82) is 0 Å². The second-order valence-electron chi connectivity index (χ2n) is 5.58. The summed E-state index contributed by atoms with van der Waals surface area (Å²) in [6, 6.07) is 6.55. The van der Waals surface area contributed by atoms with Gasteiger partial charge in [-0.05, 0) is 36.0 Å². The van der Waals surface area contributed by atoms with Crippen LogP contribution in [0.2, 0.25) is 0 Å². The van der Waals surface area contributed by atoms with E-state index in [1.54, 1.807) is 0 Å². The van der Waals surface area contributed by atoms with Gasteiger partial charge in [0.05, 0.1) is 0 Å². The van der Waals surface area contributed by atoms with Gasteiger partial charge in [0.2, 0.25) is 5.91 Å². The highest BCUT2D eigenvalue weighted by Crippen LogP contribution is 2.30. The molecule has 0 aromatic heterocycles. The lowest BCUT2D eigenvalue weighted by molar-refractivity contribution is -0.118. The Morgan fingerprint density at radius 1 is 1.42 bits per heavy atom. The Labute approximate surface area is 124 Å². The van der Waals surface area contributed by atoms with E-state index in [0.717, 1.165) is 25.1 Å². The van der Waals surface area contributed by atoms with Crippen LogP contribution in [0.15, 0.2) is 18.2 Å². The standard InChI is InChI=1S/C16H22BrNO/c1-4-16(19)18-8-7-13-9-12(5-6-15(13)18)10-14(17)11(2)3/h5-6,9,11,14H,4,7-8,10H2,1-3H3. The average molecular weight is 324 g/mol. The van der Waals surface area contributed by atoms with Crippen LogP contribution in [0.4, 0.5) is 5.69 Å². The van der Waals surface area contributed by atoms with E-state index in [1.165, 1.54) is 11.1 Å². The fraction of sp³-hybridized carbons (Fsp3) is 0.562. The molecule has 1 aromatic carbocycles. The molecule has 1 amide bonds. The van der Waals surface area contributed by atoms with E-state index in [2.05, 4.69) is 48.0 Å². The Kier molecular flexibility index (Phi) is 4.67. The number of nitrogens with zero attached hydrogens (tertiary/aromatic N) is 1. The van der Waals surface area contributed by atoms with Crippen molar-refractivity contribution >= 4 is 27.5 Å². The fourth-order valence-electron chi connectivity index (χ4n) is 2.49. The number of amides is 1. The molecule has 1 unspecified atom stereocenters. The van der Waals surface area contributed by atoms with E-state index < -0.39 is 0 Å². The first-order valence-corrected chi connectivity index (χ1v) is 8.00. The maximum absolute atomic E-state index is 11.8. The van der Waals surface area contributed by atoms with Gasteiger partial charge in [0.25, 0.3) is 0 Å². The molecule has 0 radical (unpaired) electrons. The van der Waals surface area contributed by atoms with Crippen molar-refractivity contribution in [3.05, 3.63) is 29.3 Å². The molecule has 1 aliphatic heterocycles. The monoisotopic (exact) mass is 323 g/mol. The van der Waals surface area contributed by atoms with Crippen LogP contribution >= 0.6 is 15.9 Å². The van der Waals surface area contributed by atoms with Crippen LogP contribution in [-0.4, -0.2) is 17.3 Å². The number of rotatable bonds is 4. The molecule has 0 bridgehead atoms. The molecule has 0 aliphatic carbocycles. The number of anilines is 1. The maximum Gasteiger partial charge on any atom is 0.226 e. The summed E-state index contributed by atoms with van der Waals surface area (Å²) in [5.41, 5.74) is 3.80. The van der Waals surface area contributed by atoms with E-state index in [1.807, 2.05) is 11.8 Å². The van der Waals surface area contributed by atoms with Crippen molar-refractivity contribution in [2.75, 3.05) is 11.4 Å². The highest BCUT2D eigenvalue weighted by molar-refractivity contribution is 9.09. The zero-order valence-corrected chi connectivity index (χ0v) is 13.5. The molecular formula is C16H22BrNO. The van der Waals surface area contributed by atoms with Crippen molar-refractivity contribution in [2.45, 2.75) is 44.9 Å². The number of hydrogen-bond acceptors (Lipinski definition) is 1. The van der Waals surface area contributed by atoms with Gasteiger partial charge in [-0.2, -0.15) is 0 Å². The number of benzene rings is 1. The van der Waals surface area contributed by atoms with Crippen LogP contribution in [0, 0.1) is 5.92 Å². The summed E-state index contributed by atoms with van der Waals surface area (Å²) >= 11 is 3.74. The minimum absolute atomic E-state index is 0.229. The third-order valence-corrected chi connectivity index (χ3v) is 5.18. The van der Waals surface area contributed by atoms with Gasteiger partial charge in [-0.3, -0.25) is 4.79 Å². The molecule has 2 nitrogen and oxygen atoms in total. The summed E-state index contributed by atoms with van der Waals surface area (Å²) in [5.74, 6) is 0.860. The van der Waals surface area contributed by atoms with Crippen molar-refractivity contribution in [3.8, 4) is 0 Å². The molecule has 1 aliphatic rings. The van der Waals surface area contributed by atoms with Crippen LogP contribution in [-0.2, 0) is 17.6 Å². The van der Waals surface area contributed by atoms with Crippen molar-refractivity contribution in [3.63, 3.8) is 0 Å². The Bertz CT molecular complexity index is 470. The largest absolute Gasteiger partial charge is 0.312 e. The van der Waals surface area contributed by atoms with E-state index in [-0.39, 0.29) is 5.91 Å². The van der Waals surface area contributed by atoms with Crippen LogP contribution in [0.5, 0.6) is 0 Å². The molecule has 0 spiro atoms. The molecule has 2 rings (SSSR count). The quantitative estimate of drug-likeness (QED) is 0.768. The van der Waals surface area contributed by atoms with Crippen LogP contribution in [0.3, 0.4) is 0 Å². The maximum atomic E-state index is 11.8. The lowest BCUT2D eigenvalue weighted by atomic mass is 10.00. The Morgan fingerprint density at radius 2 is 2.16 bits per heavy atom. The van der Waals surface area contributed by atoms with Gasteiger partial charge in [0.1, 0.15) is 0 Å². The molecule has 3 heteroatoms. The summed E-state index contributed by atoms with van der Waals surface area (Å²) in [5, 5.41) is 0. The average Bonchev–Trinajstić information content (AvgIpc) is 2.80. The third kappa shape index (κ3) is 3.19. The Morgan fingerprint density at radius 3 is 2.79 bits per heavy atom. The molecule has 0 saturated heterocycles. The fourth-order valence-corrected chi connectivity index (χ4v) is 2.87. The minimum Gasteiger partial charge on any atom is -0.312 e. The predicted octanol–water partition coefficient (Wildman–Crippen LogP) is 3.95. The first-order valence-electron chi connectivity index (χ1n) is 7.09. The number of carbonyl (C=O) groups excluding carboxylic acids is 1. The number of fused-ring (bicyclic) bond motifs is 1. The van der Waals surface area contributed by atoms with Gasteiger partial charge in [0, 0.05) is 23.5 Å². The molecule has 0 fully saturated rings. The predicted molar refractivity (Wildman–Crippen MR) is 84.0 cm³/mol. The molecule has 0 saturated carbocycles. The van der Waals surface area contributed by atoms with Crippen LogP contribution in [0.25, 0.3) is 0 Å². The van der Waals surface area contributed by atoms with E-state index in [0.29, 0.717) is 17.2 Å². The lowest BCUT2D eigenvalue weighted by Gasteiger charge is -2.17. The third-order valence-electron chi connectivity index (χ3n) is 3.80. The lowest BCUT2D eigenvalue weighted by Crippen LogP contribution is -2.27. The summed E-state index contributed by atoms with van der Waals surface area (Å²) in [6.07, 6.45) is 2.62. The first-order chi connectivity index (χ1) is 9.02. The van der Waals surface area contributed by atoms with E-state index in [9.17, 15) is 4.79 Å². The molecule has 1 heterocycles. The van der Waals surface area contributed by atoms with Gasteiger partial charge >= 0.3 is 0 Å². The molecule has 104 valence electrons. The summed E-state index contributed by atoms with van der Waals surface area (Å²) in [7, 11) is 0. The Balaban J connectivity index is 2.16. The zero-order valence-electron chi connectivity index (χ0n) is 11.9. The van der Waals surface area contributed by atoms with E-state index in [4.69, 9.17) is 0 Å². The highest BCUT2D eigenvalue weighted by atomic mass is 79.9. The Hall–Kier alpha value is -0.830. The first kappa shape index (κ1) is 14.6. The van der Waals surface area contributed by atoms with Gasteiger partial charge in [0.15, 0.2) is 0 Å². The van der Waals surface area contributed by atoms with Crippen LogP contribution in [0.1, 0.15) is 38.3 Å². The second-order valence-corrected chi connectivity index (χ2v) is 6.75. The van der Waals surface area contributed by atoms with Gasteiger partial charge in [-0.15, -0.1) is 0 Å². The van der Waals surface area contributed by atoms with Gasteiger partial charge in [-0.1, -0.05) is 48.8 Å². The zero-order chi connectivity index (χ0) is 14.0. The topological polar surface area (TPSA) is 20.3 Å².